The van der Waals surface area contributed by atoms with Crippen molar-refractivity contribution in [3.63, 3.8) is 0 Å². The summed E-state index contributed by atoms with van der Waals surface area (Å²) in [5.41, 5.74) is -0.877. The van der Waals surface area contributed by atoms with E-state index in [1.165, 1.54) is 0 Å². The Morgan fingerprint density at radius 3 is 2.80 bits per heavy atom. The first-order valence-electron chi connectivity index (χ1n) is 4.58. The number of halogens is 1. The first kappa shape index (κ1) is 11.6. The van der Waals surface area contributed by atoms with E-state index in [2.05, 4.69) is 14.9 Å². The molecule has 0 aliphatic rings. The molecule has 0 atom stereocenters. The molecule has 0 bridgehead atoms. The Kier molecular flexibility index (Phi) is 3.39. The molecule has 0 fully saturated rings. The summed E-state index contributed by atoms with van der Waals surface area (Å²) in [6.45, 7) is 4.47. The minimum Gasteiger partial charge on any atom is -0.460 e. The van der Waals surface area contributed by atoms with Gasteiger partial charge in [-0.2, -0.15) is 4.98 Å². The maximum absolute atomic E-state index is 12.6. The van der Waals surface area contributed by atoms with E-state index in [9.17, 15) is 9.18 Å². The van der Waals surface area contributed by atoms with Crippen LogP contribution in [0.15, 0.2) is 4.52 Å². The van der Waals surface area contributed by atoms with Crippen molar-refractivity contribution >= 4 is 5.97 Å². The fourth-order valence-electron chi connectivity index (χ4n) is 0.834. The van der Waals surface area contributed by atoms with E-state index in [-0.39, 0.29) is 18.3 Å². The molecule has 1 heterocycles. The lowest BCUT2D eigenvalue weighted by atomic mass is 9.96. The molecule has 0 aliphatic heterocycles. The molecule has 0 saturated heterocycles. The van der Waals surface area contributed by atoms with Crippen LogP contribution in [0.2, 0.25) is 0 Å². The molecule has 0 radical (unpaired) electrons. The molecule has 1 aromatic rings. The number of esters is 1. The first-order valence-corrected chi connectivity index (χ1v) is 4.58. The fourth-order valence-corrected chi connectivity index (χ4v) is 0.834. The van der Waals surface area contributed by atoms with E-state index in [0.717, 1.165) is 0 Å². The molecule has 0 amide bonds. The van der Waals surface area contributed by atoms with Crippen LogP contribution in [0.5, 0.6) is 0 Å². The van der Waals surface area contributed by atoms with Gasteiger partial charge < -0.3 is 9.26 Å². The normalized spacial score (nSPS) is 11.5. The van der Waals surface area contributed by atoms with E-state index in [1.54, 1.807) is 20.8 Å². The van der Waals surface area contributed by atoms with Gasteiger partial charge in [0, 0.05) is 0 Å². The lowest BCUT2D eigenvalue weighted by Crippen LogP contribution is -2.20. The molecule has 6 heteroatoms. The Labute approximate surface area is 86.6 Å². The number of carbonyl (C=O) groups is 1. The predicted octanol–water partition coefficient (Wildman–Crippen LogP) is 1.49. The third-order valence-electron chi connectivity index (χ3n) is 1.80. The summed E-state index contributed by atoms with van der Waals surface area (Å²) < 4.78 is 22.0. The van der Waals surface area contributed by atoms with E-state index in [4.69, 9.17) is 4.52 Å². The molecular formula is C9H13FN2O3. The SMILES string of the molecule is CCOC(=O)c1noc(C(C)(C)CF)n1. The number of alkyl halides is 1. The molecule has 0 unspecified atom stereocenters. The summed E-state index contributed by atoms with van der Waals surface area (Å²) in [5, 5.41) is 3.42. The van der Waals surface area contributed by atoms with Gasteiger partial charge in [-0.15, -0.1) is 0 Å². The highest BCUT2D eigenvalue weighted by atomic mass is 19.1. The second-order valence-electron chi connectivity index (χ2n) is 3.66. The first-order chi connectivity index (χ1) is 7.01. The van der Waals surface area contributed by atoms with Crippen LogP contribution >= 0.6 is 0 Å². The van der Waals surface area contributed by atoms with Gasteiger partial charge in [-0.25, -0.2) is 9.18 Å². The van der Waals surface area contributed by atoms with Gasteiger partial charge in [0.15, 0.2) is 0 Å². The van der Waals surface area contributed by atoms with Gasteiger partial charge in [0.25, 0.3) is 5.82 Å². The summed E-state index contributed by atoms with van der Waals surface area (Å²) in [7, 11) is 0. The van der Waals surface area contributed by atoms with Crippen LogP contribution in [0.1, 0.15) is 37.3 Å². The topological polar surface area (TPSA) is 65.2 Å². The largest absolute Gasteiger partial charge is 0.460 e. The van der Waals surface area contributed by atoms with Gasteiger partial charge in [-0.05, 0) is 25.9 Å². The number of hydrogen-bond acceptors (Lipinski definition) is 5. The van der Waals surface area contributed by atoms with Crippen molar-refractivity contribution in [1.29, 1.82) is 0 Å². The van der Waals surface area contributed by atoms with E-state index in [1.807, 2.05) is 0 Å². The van der Waals surface area contributed by atoms with Crippen LogP contribution in [-0.4, -0.2) is 29.4 Å². The Morgan fingerprint density at radius 1 is 1.60 bits per heavy atom. The number of nitrogens with zero attached hydrogens (tertiary/aromatic N) is 2. The highest BCUT2D eigenvalue weighted by Gasteiger charge is 2.29. The van der Waals surface area contributed by atoms with Crippen LogP contribution in [0.4, 0.5) is 4.39 Å². The molecule has 0 aromatic carbocycles. The smallest absolute Gasteiger partial charge is 0.379 e. The van der Waals surface area contributed by atoms with E-state index in [0.29, 0.717) is 0 Å². The second kappa shape index (κ2) is 4.37. The summed E-state index contributed by atoms with van der Waals surface area (Å²) >= 11 is 0. The van der Waals surface area contributed by atoms with Gasteiger partial charge in [-0.1, -0.05) is 0 Å². The number of hydrogen-bond donors (Lipinski definition) is 0. The molecule has 0 spiro atoms. The van der Waals surface area contributed by atoms with Crippen LogP contribution in [0, 0.1) is 0 Å². The minimum atomic E-state index is -0.877. The summed E-state index contributed by atoms with van der Waals surface area (Å²) in [6.07, 6.45) is 0. The molecule has 5 nitrogen and oxygen atoms in total. The van der Waals surface area contributed by atoms with Crippen molar-refractivity contribution in [3.8, 4) is 0 Å². The standard InChI is InChI=1S/C9H13FN2O3/c1-4-14-7(13)6-11-8(15-12-6)9(2,3)5-10/h4-5H2,1-3H3. The van der Waals surface area contributed by atoms with Crippen LogP contribution in [0.3, 0.4) is 0 Å². The molecule has 15 heavy (non-hydrogen) atoms. The highest BCUT2D eigenvalue weighted by Crippen LogP contribution is 2.21. The molecule has 0 N–H and O–H groups in total. The zero-order valence-electron chi connectivity index (χ0n) is 8.91. The Balaban J connectivity index is 2.85. The third-order valence-corrected chi connectivity index (χ3v) is 1.80. The molecule has 0 saturated carbocycles. The quantitative estimate of drug-likeness (QED) is 0.713. The van der Waals surface area contributed by atoms with Crippen molar-refractivity contribution in [3.05, 3.63) is 11.7 Å². The molecule has 84 valence electrons. The van der Waals surface area contributed by atoms with Gasteiger partial charge in [0.2, 0.25) is 5.89 Å². The summed E-state index contributed by atoms with van der Waals surface area (Å²) in [5.74, 6) is -0.747. The Morgan fingerprint density at radius 2 is 2.27 bits per heavy atom. The summed E-state index contributed by atoms with van der Waals surface area (Å²) in [4.78, 5) is 15.0. The monoisotopic (exact) mass is 216 g/mol. The maximum Gasteiger partial charge on any atom is 0.379 e. The van der Waals surface area contributed by atoms with E-state index >= 15 is 0 Å². The molecule has 0 aliphatic carbocycles. The number of carbonyl (C=O) groups excluding carboxylic acids is 1. The fraction of sp³-hybridized carbons (Fsp3) is 0.667. The average molecular weight is 216 g/mol. The average Bonchev–Trinajstić information content (AvgIpc) is 2.67. The van der Waals surface area contributed by atoms with Gasteiger partial charge in [0.1, 0.15) is 6.67 Å². The molecule has 1 rings (SSSR count). The van der Waals surface area contributed by atoms with Gasteiger partial charge >= 0.3 is 5.97 Å². The number of ether oxygens (including phenoxy) is 1. The lowest BCUT2D eigenvalue weighted by Gasteiger charge is -2.13. The van der Waals surface area contributed by atoms with Crippen LogP contribution in [0.25, 0.3) is 0 Å². The number of rotatable bonds is 4. The van der Waals surface area contributed by atoms with Crippen molar-refractivity contribution in [1.82, 2.24) is 10.1 Å². The lowest BCUT2D eigenvalue weighted by molar-refractivity contribution is 0.0508. The van der Waals surface area contributed by atoms with Crippen molar-refractivity contribution in [2.75, 3.05) is 13.3 Å². The maximum atomic E-state index is 12.6. The zero-order valence-corrected chi connectivity index (χ0v) is 8.91. The molecular weight excluding hydrogens is 203 g/mol. The predicted molar refractivity (Wildman–Crippen MR) is 49.3 cm³/mol. The van der Waals surface area contributed by atoms with Crippen molar-refractivity contribution in [2.45, 2.75) is 26.2 Å². The van der Waals surface area contributed by atoms with Gasteiger partial charge in [-0.3, -0.25) is 0 Å². The summed E-state index contributed by atoms with van der Waals surface area (Å²) in [6, 6.07) is 0. The van der Waals surface area contributed by atoms with Gasteiger partial charge in [0.05, 0.1) is 12.0 Å². The van der Waals surface area contributed by atoms with E-state index < -0.39 is 18.1 Å². The van der Waals surface area contributed by atoms with Crippen LogP contribution < -0.4 is 0 Å². The highest BCUT2D eigenvalue weighted by molar-refractivity contribution is 5.84. The Bertz CT molecular complexity index is 349. The van der Waals surface area contributed by atoms with Crippen molar-refractivity contribution in [2.24, 2.45) is 0 Å². The second-order valence-corrected chi connectivity index (χ2v) is 3.66. The Hall–Kier alpha value is -1.46. The minimum absolute atomic E-state index is 0.0908. The van der Waals surface area contributed by atoms with Crippen LogP contribution in [-0.2, 0) is 10.2 Å². The van der Waals surface area contributed by atoms with Crippen molar-refractivity contribution < 1.29 is 18.4 Å². The number of aromatic nitrogens is 2. The third kappa shape index (κ3) is 2.51. The molecule has 1 aromatic heterocycles. The zero-order chi connectivity index (χ0) is 11.5.